The van der Waals surface area contributed by atoms with E-state index in [4.69, 9.17) is 0 Å². The average Bonchev–Trinajstić information content (AvgIpc) is 3.08. The average molecular weight is 344 g/mol. The van der Waals surface area contributed by atoms with Gasteiger partial charge in [-0.2, -0.15) is 18.3 Å². The minimum atomic E-state index is -4.52. The van der Waals surface area contributed by atoms with Crippen LogP contribution in [-0.4, -0.2) is 25.9 Å². The lowest BCUT2D eigenvalue weighted by molar-refractivity contribution is -0.140. The topological polar surface area (TPSA) is 63.6 Å². The van der Waals surface area contributed by atoms with Crippen LogP contribution in [0.2, 0.25) is 0 Å². The second-order valence-electron chi connectivity index (χ2n) is 5.64. The molecule has 0 saturated heterocycles. The summed E-state index contributed by atoms with van der Waals surface area (Å²) < 4.78 is 39.8. The molecule has 0 radical (unpaired) electrons. The van der Waals surface area contributed by atoms with Gasteiger partial charge in [0.05, 0.1) is 22.6 Å². The lowest BCUT2D eigenvalue weighted by Crippen LogP contribution is -2.28. The minimum absolute atomic E-state index is 0.130. The highest BCUT2D eigenvalue weighted by molar-refractivity contribution is 6.04. The molecular formula is C17H11F3N4O. The van der Waals surface area contributed by atoms with E-state index in [0.29, 0.717) is 16.5 Å². The molecule has 3 heterocycles. The Morgan fingerprint density at radius 3 is 2.64 bits per heavy atom. The fourth-order valence-corrected chi connectivity index (χ4v) is 2.92. The van der Waals surface area contributed by atoms with Gasteiger partial charge in [-0.25, -0.2) is 0 Å². The number of hydrogen-bond acceptors (Lipinski definition) is 3. The first-order chi connectivity index (χ1) is 11.9. The number of nitrogens with one attached hydrogen (secondary N) is 1. The van der Waals surface area contributed by atoms with Crippen LogP contribution in [0.3, 0.4) is 0 Å². The SMILES string of the molecule is O=c1c2cn[nH]c2c2ccc(-c3cccnc3)cc2n1CC(F)(F)F. The molecule has 0 saturated carbocycles. The Hall–Kier alpha value is -3.16. The molecule has 126 valence electrons. The molecular weight excluding hydrogens is 333 g/mol. The van der Waals surface area contributed by atoms with Crippen molar-refractivity contribution < 1.29 is 13.2 Å². The van der Waals surface area contributed by atoms with Gasteiger partial charge < -0.3 is 0 Å². The highest BCUT2D eigenvalue weighted by Crippen LogP contribution is 2.28. The van der Waals surface area contributed by atoms with Gasteiger partial charge >= 0.3 is 6.18 Å². The smallest absolute Gasteiger partial charge is 0.298 e. The standard InChI is InChI=1S/C17H11F3N4O/c18-17(19,20)9-24-14-6-10(11-2-1-5-21-7-11)3-4-12(14)15-13(16(24)25)8-22-23-15/h1-8H,9H2,(H,22,23). The molecule has 3 aromatic heterocycles. The second-order valence-corrected chi connectivity index (χ2v) is 5.64. The van der Waals surface area contributed by atoms with Crippen LogP contribution in [0.25, 0.3) is 32.9 Å². The van der Waals surface area contributed by atoms with E-state index >= 15 is 0 Å². The summed E-state index contributed by atoms with van der Waals surface area (Å²) in [5.74, 6) is 0. The van der Waals surface area contributed by atoms with Crippen molar-refractivity contribution in [1.29, 1.82) is 0 Å². The molecule has 1 aromatic carbocycles. The monoisotopic (exact) mass is 344 g/mol. The van der Waals surface area contributed by atoms with E-state index in [1.54, 1.807) is 42.7 Å². The summed E-state index contributed by atoms with van der Waals surface area (Å²) in [6, 6.07) is 8.57. The zero-order chi connectivity index (χ0) is 17.6. The Morgan fingerprint density at radius 1 is 1.08 bits per heavy atom. The van der Waals surface area contributed by atoms with Crippen molar-refractivity contribution in [2.24, 2.45) is 0 Å². The third-order valence-electron chi connectivity index (χ3n) is 4.01. The van der Waals surface area contributed by atoms with E-state index in [9.17, 15) is 18.0 Å². The molecule has 0 bridgehead atoms. The summed E-state index contributed by atoms with van der Waals surface area (Å²) in [7, 11) is 0. The largest absolute Gasteiger partial charge is 0.406 e. The maximum Gasteiger partial charge on any atom is 0.406 e. The van der Waals surface area contributed by atoms with Gasteiger partial charge in [0.1, 0.15) is 6.54 Å². The predicted molar refractivity (Wildman–Crippen MR) is 87.1 cm³/mol. The Morgan fingerprint density at radius 2 is 1.92 bits per heavy atom. The zero-order valence-corrected chi connectivity index (χ0v) is 12.7. The molecule has 0 aliphatic rings. The van der Waals surface area contributed by atoms with Gasteiger partial charge in [0.25, 0.3) is 5.56 Å². The van der Waals surface area contributed by atoms with E-state index in [-0.39, 0.29) is 10.9 Å². The lowest BCUT2D eigenvalue weighted by atomic mass is 10.0. The molecule has 0 aliphatic heterocycles. The second kappa shape index (κ2) is 5.44. The van der Waals surface area contributed by atoms with Crippen LogP contribution in [0.5, 0.6) is 0 Å². The van der Waals surface area contributed by atoms with Gasteiger partial charge in [-0.05, 0) is 17.7 Å². The number of aromatic nitrogens is 4. The van der Waals surface area contributed by atoms with Crippen molar-refractivity contribution in [3.05, 3.63) is 59.3 Å². The lowest BCUT2D eigenvalue weighted by Gasteiger charge is -2.14. The van der Waals surface area contributed by atoms with Crippen molar-refractivity contribution in [2.45, 2.75) is 12.7 Å². The molecule has 8 heteroatoms. The highest BCUT2D eigenvalue weighted by atomic mass is 19.4. The Labute approximate surface area is 138 Å². The summed E-state index contributed by atoms with van der Waals surface area (Å²) in [5.41, 5.74) is 1.32. The van der Waals surface area contributed by atoms with Crippen molar-refractivity contribution >= 4 is 21.8 Å². The first-order valence-electron chi connectivity index (χ1n) is 7.41. The number of rotatable bonds is 2. The Kier molecular flexibility index (Phi) is 3.34. The van der Waals surface area contributed by atoms with Crippen LogP contribution in [0.1, 0.15) is 0 Å². The fraction of sp³-hybridized carbons (Fsp3) is 0.118. The van der Waals surface area contributed by atoms with E-state index < -0.39 is 18.3 Å². The summed E-state index contributed by atoms with van der Waals surface area (Å²) in [6.07, 6.45) is -0.0438. The van der Waals surface area contributed by atoms with Crippen LogP contribution >= 0.6 is 0 Å². The summed E-state index contributed by atoms with van der Waals surface area (Å²) >= 11 is 0. The van der Waals surface area contributed by atoms with Gasteiger partial charge in [0.2, 0.25) is 0 Å². The van der Waals surface area contributed by atoms with Crippen LogP contribution in [-0.2, 0) is 6.54 Å². The third-order valence-corrected chi connectivity index (χ3v) is 4.01. The third kappa shape index (κ3) is 2.65. The number of alkyl halides is 3. The van der Waals surface area contributed by atoms with Gasteiger partial charge in [-0.3, -0.25) is 19.4 Å². The van der Waals surface area contributed by atoms with Gasteiger partial charge in [0.15, 0.2) is 0 Å². The highest BCUT2D eigenvalue weighted by Gasteiger charge is 2.30. The van der Waals surface area contributed by atoms with Crippen molar-refractivity contribution in [2.75, 3.05) is 0 Å². The summed E-state index contributed by atoms with van der Waals surface area (Å²) in [4.78, 5) is 16.5. The first kappa shape index (κ1) is 15.4. The van der Waals surface area contributed by atoms with Crippen LogP contribution in [0.4, 0.5) is 13.2 Å². The van der Waals surface area contributed by atoms with E-state index in [2.05, 4.69) is 15.2 Å². The number of pyridine rings is 2. The maximum absolute atomic E-state index is 13.0. The van der Waals surface area contributed by atoms with Gasteiger partial charge in [-0.1, -0.05) is 18.2 Å². The van der Waals surface area contributed by atoms with Gasteiger partial charge in [0, 0.05) is 23.3 Å². The number of halogens is 3. The maximum atomic E-state index is 13.0. The van der Waals surface area contributed by atoms with E-state index in [1.165, 1.54) is 6.20 Å². The van der Waals surface area contributed by atoms with Crippen LogP contribution in [0.15, 0.2) is 53.7 Å². The Balaban J connectivity index is 2.07. The molecule has 5 nitrogen and oxygen atoms in total. The van der Waals surface area contributed by atoms with E-state index in [0.717, 1.165) is 10.1 Å². The molecule has 4 aromatic rings. The molecule has 0 amide bonds. The van der Waals surface area contributed by atoms with Crippen LogP contribution < -0.4 is 5.56 Å². The van der Waals surface area contributed by atoms with Crippen LogP contribution in [0, 0.1) is 0 Å². The molecule has 0 fully saturated rings. The van der Waals surface area contributed by atoms with E-state index in [1.807, 2.05) is 0 Å². The predicted octanol–water partition coefficient (Wildman–Crippen LogP) is 3.50. The quantitative estimate of drug-likeness (QED) is 0.605. The number of fused-ring (bicyclic) bond motifs is 3. The number of aromatic amines is 1. The number of H-pyrrole nitrogens is 1. The molecule has 0 aliphatic carbocycles. The molecule has 25 heavy (non-hydrogen) atoms. The Bertz CT molecular complexity index is 1130. The molecule has 1 N–H and O–H groups in total. The zero-order valence-electron chi connectivity index (χ0n) is 12.7. The number of hydrogen-bond donors (Lipinski definition) is 1. The summed E-state index contributed by atoms with van der Waals surface area (Å²) in [6.45, 7) is -1.36. The normalized spacial score (nSPS) is 12.1. The van der Waals surface area contributed by atoms with Gasteiger partial charge in [-0.15, -0.1) is 0 Å². The first-order valence-corrected chi connectivity index (χ1v) is 7.41. The molecule has 0 unspecified atom stereocenters. The fourth-order valence-electron chi connectivity index (χ4n) is 2.92. The molecule has 0 atom stereocenters. The number of benzene rings is 1. The van der Waals surface area contributed by atoms with Crippen molar-refractivity contribution in [1.82, 2.24) is 19.7 Å². The van der Waals surface area contributed by atoms with Crippen molar-refractivity contribution in [3.8, 4) is 11.1 Å². The summed E-state index contributed by atoms with van der Waals surface area (Å²) in [5, 5.41) is 7.13. The molecule has 4 rings (SSSR count). The number of nitrogens with zero attached hydrogens (tertiary/aromatic N) is 3. The van der Waals surface area contributed by atoms with Crippen molar-refractivity contribution in [3.63, 3.8) is 0 Å². The molecule has 0 spiro atoms. The minimum Gasteiger partial charge on any atom is -0.298 e.